The molecule has 1 heterocycles. The summed E-state index contributed by atoms with van der Waals surface area (Å²) in [5.41, 5.74) is 11.6. The van der Waals surface area contributed by atoms with Crippen molar-refractivity contribution in [3.05, 3.63) is 279 Å². The Balaban J connectivity index is 0.939. The van der Waals surface area contributed by atoms with Crippen molar-refractivity contribution in [3.63, 3.8) is 0 Å². The smallest absolute Gasteiger partial charge is 0.179 e. The fourth-order valence-corrected chi connectivity index (χ4v) is 15.2. The summed E-state index contributed by atoms with van der Waals surface area (Å²) in [6.07, 6.45) is 0. The molecular weight excluding hydrogens is 825 g/mol. The molecular formula is C64H46N2Si. The van der Waals surface area contributed by atoms with Gasteiger partial charge in [0.05, 0.1) is 11.0 Å². The van der Waals surface area contributed by atoms with Crippen LogP contribution in [0.15, 0.2) is 279 Å². The van der Waals surface area contributed by atoms with Crippen LogP contribution in [0, 0.1) is 0 Å². The molecule has 0 atom stereocenters. The third-order valence-corrected chi connectivity index (χ3v) is 18.4. The van der Waals surface area contributed by atoms with E-state index in [4.69, 9.17) is 0 Å². The molecule has 0 radical (unpaired) electrons. The first-order valence-corrected chi connectivity index (χ1v) is 25.1. The molecule has 316 valence electrons. The largest absolute Gasteiger partial charge is 0.311 e. The van der Waals surface area contributed by atoms with E-state index in [9.17, 15) is 0 Å². The molecule has 0 unspecified atom stereocenters. The monoisotopic (exact) mass is 870 g/mol. The Bertz CT molecular complexity index is 3530. The van der Waals surface area contributed by atoms with Gasteiger partial charge in [-0.2, -0.15) is 0 Å². The van der Waals surface area contributed by atoms with E-state index in [1.807, 2.05) is 0 Å². The average Bonchev–Trinajstić information content (AvgIpc) is 3.76. The van der Waals surface area contributed by atoms with E-state index in [0.29, 0.717) is 0 Å². The van der Waals surface area contributed by atoms with Crippen molar-refractivity contribution in [1.82, 2.24) is 4.57 Å². The standard InChI is InChI=1S/C64H46N2Si/c1-5-17-47(18-6-1)48-29-36-52(37-30-48)65(54-42-44-59(45-43-54)67(56-20-7-2-8-21-56,57-22-9-3-10-23-57)58-24-11-4-12-25-58)53-38-31-49(32-39-53)50-33-40-55(41-34-50)66-63-28-16-15-27-61(63)62-46-35-51-19-13-14-26-60(51)64(62)66/h1-46H. The van der Waals surface area contributed by atoms with E-state index in [0.717, 1.165) is 22.7 Å². The highest BCUT2D eigenvalue weighted by Crippen LogP contribution is 2.39. The molecule has 12 aromatic rings. The third-order valence-electron chi connectivity index (χ3n) is 13.6. The maximum atomic E-state index is 2.43. The lowest BCUT2D eigenvalue weighted by atomic mass is 10.0. The Morgan fingerprint density at radius 2 is 0.657 bits per heavy atom. The zero-order valence-electron chi connectivity index (χ0n) is 37.0. The second-order valence-electron chi connectivity index (χ2n) is 17.3. The molecule has 0 amide bonds. The zero-order valence-corrected chi connectivity index (χ0v) is 38.0. The van der Waals surface area contributed by atoms with E-state index in [-0.39, 0.29) is 0 Å². The van der Waals surface area contributed by atoms with Crippen LogP contribution in [0.2, 0.25) is 0 Å². The minimum absolute atomic E-state index is 1.09. The molecule has 0 spiro atoms. The molecule has 1 aromatic heterocycles. The zero-order chi connectivity index (χ0) is 44.6. The highest BCUT2D eigenvalue weighted by atomic mass is 28.3. The van der Waals surface area contributed by atoms with Crippen LogP contribution in [0.1, 0.15) is 0 Å². The summed E-state index contributed by atoms with van der Waals surface area (Å²) in [6, 6.07) is 102. The van der Waals surface area contributed by atoms with Gasteiger partial charge in [0, 0.05) is 38.9 Å². The van der Waals surface area contributed by atoms with Crippen LogP contribution in [0.5, 0.6) is 0 Å². The summed E-state index contributed by atoms with van der Waals surface area (Å²) >= 11 is 0. The fourth-order valence-electron chi connectivity index (χ4n) is 10.4. The van der Waals surface area contributed by atoms with E-state index < -0.39 is 8.07 Å². The molecule has 12 rings (SSSR count). The maximum absolute atomic E-state index is 2.69. The van der Waals surface area contributed by atoms with Crippen molar-refractivity contribution < 1.29 is 0 Å². The van der Waals surface area contributed by atoms with Gasteiger partial charge in [-0.1, -0.05) is 224 Å². The minimum atomic E-state index is -2.69. The van der Waals surface area contributed by atoms with Crippen LogP contribution in [0.4, 0.5) is 17.1 Å². The lowest BCUT2D eigenvalue weighted by Crippen LogP contribution is -2.74. The van der Waals surface area contributed by atoms with Crippen LogP contribution in [-0.2, 0) is 0 Å². The lowest BCUT2D eigenvalue weighted by molar-refractivity contribution is 1.19. The van der Waals surface area contributed by atoms with Gasteiger partial charge < -0.3 is 9.47 Å². The second-order valence-corrected chi connectivity index (χ2v) is 21.1. The Labute approximate surface area is 392 Å². The summed E-state index contributed by atoms with van der Waals surface area (Å²) in [4.78, 5) is 2.38. The van der Waals surface area contributed by atoms with E-state index >= 15 is 0 Å². The summed E-state index contributed by atoms with van der Waals surface area (Å²) in [6.45, 7) is 0. The molecule has 0 N–H and O–H groups in total. The number of para-hydroxylation sites is 1. The van der Waals surface area contributed by atoms with Gasteiger partial charge in [-0.05, 0) is 103 Å². The van der Waals surface area contributed by atoms with Gasteiger partial charge in [0.15, 0.2) is 8.07 Å². The Kier molecular flexibility index (Phi) is 10.2. The molecule has 67 heavy (non-hydrogen) atoms. The molecule has 0 fully saturated rings. The Morgan fingerprint density at radius 1 is 0.269 bits per heavy atom. The van der Waals surface area contributed by atoms with Gasteiger partial charge in [0.1, 0.15) is 0 Å². The van der Waals surface area contributed by atoms with Crippen molar-refractivity contribution in [1.29, 1.82) is 0 Å². The van der Waals surface area contributed by atoms with Crippen molar-refractivity contribution in [3.8, 4) is 27.9 Å². The molecule has 2 nitrogen and oxygen atoms in total. The molecule has 0 saturated heterocycles. The van der Waals surface area contributed by atoms with E-state index in [1.165, 1.54) is 75.6 Å². The van der Waals surface area contributed by atoms with Crippen LogP contribution in [0.3, 0.4) is 0 Å². The molecule has 0 aliphatic rings. The van der Waals surface area contributed by atoms with Crippen LogP contribution in [0.25, 0.3) is 60.5 Å². The highest BCUT2D eigenvalue weighted by Gasteiger charge is 2.41. The van der Waals surface area contributed by atoms with Crippen LogP contribution in [-0.4, -0.2) is 12.6 Å². The van der Waals surface area contributed by atoms with Crippen LogP contribution < -0.4 is 25.6 Å². The predicted octanol–water partition coefficient (Wildman–Crippen LogP) is 14.1. The second kappa shape index (κ2) is 17.1. The number of hydrogen-bond donors (Lipinski definition) is 0. The highest BCUT2D eigenvalue weighted by molar-refractivity contribution is 7.19. The Hall–Kier alpha value is -8.50. The molecule has 0 bridgehead atoms. The predicted molar refractivity (Wildman–Crippen MR) is 287 cm³/mol. The molecule has 0 aliphatic heterocycles. The van der Waals surface area contributed by atoms with Gasteiger partial charge in [0.2, 0.25) is 0 Å². The molecule has 11 aromatic carbocycles. The first-order valence-electron chi connectivity index (χ1n) is 23.1. The SMILES string of the molecule is c1ccc(-c2ccc(N(c3ccc(-c4ccc(-n5c6ccccc6c6ccc7ccccc7c65)cc4)cc3)c3ccc([Si](c4ccccc4)(c4ccccc4)c4ccccc4)cc3)cc2)cc1. The first-order chi connectivity index (χ1) is 33.2. The number of benzene rings is 11. The van der Waals surface area contributed by atoms with Gasteiger partial charge in [-0.3, -0.25) is 0 Å². The number of hydrogen-bond acceptors (Lipinski definition) is 1. The number of nitrogens with zero attached hydrogens (tertiary/aromatic N) is 2. The fraction of sp³-hybridized carbons (Fsp3) is 0. The van der Waals surface area contributed by atoms with Gasteiger partial charge in [0.25, 0.3) is 0 Å². The molecule has 3 heteroatoms. The quantitative estimate of drug-likeness (QED) is 0.0982. The van der Waals surface area contributed by atoms with E-state index in [2.05, 4.69) is 289 Å². The molecule has 0 saturated carbocycles. The number of anilines is 3. The normalized spacial score (nSPS) is 11.6. The van der Waals surface area contributed by atoms with Gasteiger partial charge >= 0.3 is 0 Å². The van der Waals surface area contributed by atoms with Crippen molar-refractivity contribution >= 4 is 78.5 Å². The van der Waals surface area contributed by atoms with Crippen LogP contribution >= 0.6 is 0 Å². The number of fused-ring (bicyclic) bond motifs is 5. The van der Waals surface area contributed by atoms with Gasteiger partial charge in [-0.25, -0.2) is 0 Å². The van der Waals surface area contributed by atoms with Crippen molar-refractivity contribution in [2.45, 2.75) is 0 Å². The first kappa shape index (κ1) is 40.0. The number of rotatable bonds is 10. The summed E-state index contributed by atoms with van der Waals surface area (Å²) in [5.74, 6) is 0. The van der Waals surface area contributed by atoms with Crippen molar-refractivity contribution in [2.24, 2.45) is 0 Å². The average molecular weight is 871 g/mol. The van der Waals surface area contributed by atoms with E-state index in [1.54, 1.807) is 0 Å². The van der Waals surface area contributed by atoms with Gasteiger partial charge in [-0.15, -0.1) is 0 Å². The summed E-state index contributed by atoms with van der Waals surface area (Å²) in [5, 5.41) is 10.5. The topological polar surface area (TPSA) is 8.17 Å². The minimum Gasteiger partial charge on any atom is -0.311 e. The number of aromatic nitrogens is 1. The summed E-state index contributed by atoms with van der Waals surface area (Å²) < 4.78 is 2.43. The molecule has 0 aliphatic carbocycles. The third kappa shape index (κ3) is 7.05. The lowest BCUT2D eigenvalue weighted by Gasteiger charge is -2.35. The van der Waals surface area contributed by atoms with Crippen molar-refractivity contribution in [2.75, 3.05) is 4.90 Å². The summed E-state index contributed by atoms with van der Waals surface area (Å²) in [7, 11) is -2.69. The maximum Gasteiger partial charge on any atom is 0.179 e. The Morgan fingerprint density at radius 3 is 1.18 bits per heavy atom.